The molecule has 5 nitrogen and oxygen atoms in total. The Hall–Kier alpha value is -2.05. The fourth-order valence-corrected chi connectivity index (χ4v) is 4.26. The predicted octanol–water partition coefficient (Wildman–Crippen LogP) is 1.51. The Balaban J connectivity index is 0.00000272. The van der Waals surface area contributed by atoms with Crippen molar-refractivity contribution < 1.29 is 31.2 Å². The van der Waals surface area contributed by atoms with Crippen LogP contribution in [0.1, 0.15) is 24.0 Å². The molecule has 0 saturated carbocycles. The van der Waals surface area contributed by atoms with E-state index in [1.165, 1.54) is 12.0 Å². The van der Waals surface area contributed by atoms with Crippen LogP contribution in [0, 0.1) is 0 Å². The summed E-state index contributed by atoms with van der Waals surface area (Å²) in [6, 6.07) is 13.5. The average Bonchev–Trinajstić information content (AvgIpc) is 3.20. The largest absolute Gasteiger partial charge is 1.00 e. The molecule has 0 radical (unpaired) electrons. The first-order chi connectivity index (χ1) is 14.4. The van der Waals surface area contributed by atoms with Crippen molar-refractivity contribution in [1.29, 1.82) is 0 Å². The third-order valence-corrected chi connectivity index (χ3v) is 5.76. The monoisotopic (exact) mass is 462 g/mol. The third-order valence-electron chi connectivity index (χ3n) is 5.52. The molecule has 4 rings (SSSR count). The molecule has 1 N–H and O–H groups in total. The van der Waals surface area contributed by atoms with Crippen molar-refractivity contribution in [1.82, 2.24) is 0 Å². The molecular formula is C24H28Cl2N2O3. The Labute approximate surface area is 195 Å². The second-order valence-corrected chi connectivity index (χ2v) is 9.14. The van der Waals surface area contributed by atoms with E-state index in [-0.39, 0.29) is 24.9 Å². The quantitative estimate of drug-likeness (QED) is 0.661. The zero-order chi connectivity index (χ0) is 21.1. The minimum atomic E-state index is -0.164. The zero-order valence-corrected chi connectivity index (χ0v) is 19.4. The summed E-state index contributed by atoms with van der Waals surface area (Å²) in [6.07, 6.45) is 4.52. The molecule has 7 heteroatoms. The molecule has 0 unspecified atom stereocenters. The molecule has 2 aliphatic heterocycles. The summed E-state index contributed by atoms with van der Waals surface area (Å²) >= 11 is 6.05. The third kappa shape index (κ3) is 6.23. The number of halogens is 2. The molecule has 0 aliphatic carbocycles. The number of fused-ring (bicyclic) bond motifs is 1. The number of ether oxygens (including phenoxy) is 2. The standard InChI is InChI=1S/C24H27ClN2O3.ClH/c1-27(2,15-22-4-3-11-29-22)14-17-5-8-21(9-6-17)26-24(28)19-12-18-13-20(25)7-10-23(18)30-16-19;/h5-10,12-13,22H,3-4,11,14-16H2,1-2H3;1H/t22-;/m0./s1. The first kappa shape index (κ1) is 23.6. The van der Waals surface area contributed by atoms with Crippen LogP contribution in [-0.2, 0) is 16.1 Å². The van der Waals surface area contributed by atoms with Gasteiger partial charge in [-0.25, -0.2) is 0 Å². The molecule has 0 spiro atoms. The fraction of sp³-hybridized carbons (Fsp3) is 0.375. The first-order valence-electron chi connectivity index (χ1n) is 10.3. The van der Waals surface area contributed by atoms with Gasteiger partial charge in [-0.2, -0.15) is 0 Å². The van der Waals surface area contributed by atoms with Crippen LogP contribution in [0.4, 0.5) is 5.69 Å². The predicted molar refractivity (Wildman–Crippen MR) is 120 cm³/mol. The van der Waals surface area contributed by atoms with Crippen LogP contribution in [0.2, 0.25) is 5.02 Å². The summed E-state index contributed by atoms with van der Waals surface area (Å²) in [5, 5.41) is 3.58. The van der Waals surface area contributed by atoms with Gasteiger partial charge >= 0.3 is 0 Å². The van der Waals surface area contributed by atoms with Gasteiger partial charge in [0.1, 0.15) is 31.5 Å². The number of hydrogen-bond donors (Lipinski definition) is 1. The highest BCUT2D eigenvalue weighted by atomic mass is 35.5. The molecule has 1 amide bonds. The molecule has 2 aromatic carbocycles. The van der Waals surface area contributed by atoms with Crippen molar-refractivity contribution >= 4 is 29.3 Å². The normalized spacial score (nSPS) is 17.8. The molecule has 1 atom stereocenters. The number of anilines is 1. The smallest absolute Gasteiger partial charge is 0.255 e. The van der Waals surface area contributed by atoms with Crippen LogP contribution in [0.5, 0.6) is 5.75 Å². The summed E-state index contributed by atoms with van der Waals surface area (Å²) in [7, 11) is 4.47. The number of quaternary nitrogens is 1. The van der Waals surface area contributed by atoms with E-state index in [4.69, 9.17) is 21.1 Å². The van der Waals surface area contributed by atoms with E-state index in [1.54, 1.807) is 12.1 Å². The highest BCUT2D eigenvalue weighted by Gasteiger charge is 2.26. The fourth-order valence-electron chi connectivity index (χ4n) is 4.08. The average molecular weight is 463 g/mol. The molecule has 166 valence electrons. The minimum Gasteiger partial charge on any atom is -1.00 e. The van der Waals surface area contributed by atoms with Gasteiger partial charge < -0.3 is 31.7 Å². The molecule has 2 heterocycles. The number of likely N-dealkylation sites (N-methyl/N-ethyl adjacent to an activating group) is 1. The topological polar surface area (TPSA) is 47.6 Å². The summed E-state index contributed by atoms with van der Waals surface area (Å²) in [6.45, 7) is 3.06. The van der Waals surface area contributed by atoms with Gasteiger partial charge in [0.2, 0.25) is 0 Å². The van der Waals surface area contributed by atoms with E-state index in [0.717, 1.165) is 47.6 Å². The van der Waals surface area contributed by atoms with Crippen LogP contribution in [-0.4, -0.2) is 50.3 Å². The van der Waals surface area contributed by atoms with E-state index in [1.807, 2.05) is 24.3 Å². The van der Waals surface area contributed by atoms with Gasteiger partial charge in [-0.05, 0) is 49.2 Å². The van der Waals surface area contributed by atoms with Crippen molar-refractivity contribution in [2.45, 2.75) is 25.5 Å². The van der Waals surface area contributed by atoms with Crippen LogP contribution < -0.4 is 22.5 Å². The van der Waals surface area contributed by atoms with Gasteiger partial charge in [-0.1, -0.05) is 23.7 Å². The molecule has 1 fully saturated rings. The molecule has 0 bridgehead atoms. The van der Waals surface area contributed by atoms with E-state index >= 15 is 0 Å². The molecule has 0 aromatic heterocycles. The van der Waals surface area contributed by atoms with Gasteiger partial charge in [-0.3, -0.25) is 4.79 Å². The summed E-state index contributed by atoms with van der Waals surface area (Å²) in [4.78, 5) is 12.7. The number of nitrogens with one attached hydrogen (secondary N) is 1. The Kier molecular flexibility index (Phi) is 7.65. The number of nitrogens with zero attached hydrogens (tertiary/aromatic N) is 1. The maximum atomic E-state index is 12.7. The van der Waals surface area contributed by atoms with E-state index in [0.29, 0.717) is 16.7 Å². The maximum Gasteiger partial charge on any atom is 0.255 e. The van der Waals surface area contributed by atoms with Crippen LogP contribution in [0.3, 0.4) is 0 Å². The van der Waals surface area contributed by atoms with Crippen molar-refractivity contribution in [3.8, 4) is 5.75 Å². The molecule has 1 saturated heterocycles. The van der Waals surface area contributed by atoms with E-state index in [2.05, 4.69) is 31.5 Å². The lowest BCUT2D eigenvalue weighted by Crippen LogP contribution is -3.00. The van der Waals surface area contributed by atoms with E-state index < -0.39 is 0 Å². The minimum absolute atomic E-state index is 0. The summed E-state index contributed by atoms with van der Waals surface area (Å²) in [5.74, 6) is 0.576. The summed E-state index contributed by atoms with van der Waals surface area (Å²) < 4.78 is 12.3. The molecule has 2 aromatic rings. The van der Waals surface area contributed by atoms with Crippen molar-refractivity contribution in [3.05, 3.63) is 64.2 Å². The number of carbonyl (C=O) groups excluding carboxylic acids is 1. The van der Waals surface area contributed by atoms with Crippen LogP contribution in [0.15, 0.2) is 48.0 Å². The Bertz CT molecular complexity index is 952. The van der Waals surface area contributed by atoms with Gasteiger partial charge in [0, 0.05) is 28.4 Å². The lowest BCUT2D eigenvalue weighted by molar-refractivity contribution is -0.906. The lowest BCUT2D eigenvalue weighted by Gasteiger charge is -2.32. The number of hydrogen-bond acceptors (Lipinski definition) is 3. The number of carbonyl (C=O) groups is 1. The number of benzene rings is 2. The lowest BCUT2D eigenvalue weighted by atomic mass is 10.1. The van der Waals surface area contributed by atoms with Gasteiger partial charge in [0.25, 0.3) is 5.91 Å². The number of rotatable bonds is 6. The Morgan fingerprint density at radius 3 is 2.68 bits per heavy atom. The molecule has 2 aliphatic rings. The van der Waals surface area contributed by atoms with Crippen molar-refractivity contribution in [3.63, 3.8) is 0 Å². The Morgan fingerprint density at radius 2 is 1.97 bits per heavy atom. The Morgan fingerprint density at radius 1 is 1.19 bits per heavy atom. The van der Waals surface area contributed by atoms with E-state index in [9.17, 15) is 4.79 Å². The van der Waals surface area contributed by atoms with Crippen LogP contribution in [0.25, 0.3) is 6.08 Å². The molecule has 31 heavy (non-hydrogen) atoms. The van der Waals surface area contributed by atoms with Crippen molar-refractivity contribution in [2.75, 3.05) is 39.2 Å². The van der Waals surface area contributed by atoms with Crippen LogP contribution >= 0.6 is 11.6 Å². The first-order valence-corrected chi connectivity index (χ1v) is 10.7. The summed E-state index contributed by atoms with van der Waals surface area (Å²) in [5.41, 5.74) is 3.40. The van der Waals surface area contributed by atoms with Gasteiger partial charge in [-0.15, -0.1) is 0 Å². The molecular weight excluding hydrogens is 435 g/mol. The van der Waals surface area contributed by atoms with Gasteiger partial charge in [0.05, 0.1) is 19.7 Å². The maximum absolute atomic E-state index is 12.7. The second kappa shape index (κ2) is 10.0. The van der Waals surface area contributed by atoms with Gasteiger partial charge in [0.15, 0.2) is 0 Å². The zero-order valence-electron chi connectivity index (χ0n) is 17.9. The highest BCUT2D eigenvalue weighted by molar-refractivity contribution is 6.30. The van der Waals surface area contributed by atoms with Crippen molar-refractivity contribution in [2.24, 2.45) is 0 Å². The SMILES string of the molecule is C[N+](C)(Cc1ccc(NC(=O)C2=Cc3cc(Cl)ccc3OC2)cc1)C[C@@H]1CCCO1.[Cl-]. The second-order valence-electron chi connectivity index (χ2n) is 8.70. The highest BCUT2D eigenvalue weighted by Crippen LogP contribution is 2.29. The number of amides is 1.